The third kappa shape index (κ3) is 2.13. The van der Waals surface area contributed by atoms with Crippen molar-refractivity contribution in [1.82, 2.24) is 15.1 Å². The highest BCUT2D eigenvalue weighted by molar-refractivity contribution is 5.87. The van der Waals surface area contributed by atoms with E-state index in [0.29, 0.717) is 6.54 Å². The third-order valence-corrected chi connectivity index (χ3v) is 3.36. The van der Waals surface area contributed by atoms with Gasteiger partial charge >= 0.3 is 6.03 Å². The zero-order valence-electron chi connectivity index (χ0n) is 9.74. The molecule has 0 radical (unpaired) electrons. The lowest BCUT2D eigenvalue weighted by atomic mass is 10.2. The van der Waals surface area contributed by atoms with Crippen LogP contribution >= 0.6 is 0 Å². The fourth-order valence-electron chi connectivity index (χ4n) is 2.35. The lowest BCUT2D eigenvalue weighted by Gasteiger charge is -2.33. The number of hydrogen-bond donors (Lipinski definition) is 1. The summed E-state index contributed by atoms with van der Waals surface area (Å²) in [4.78, 5) is 27.2. The molecule has 0 aromatic carbocycles. The summed E-state index contributed by atoms with van der Waals surface area (Å²) < 4.78 is 0. The maximum atomic E-state index is 12.1. The van der Waals surface area contributed by atoms with E-state index < -0.39 is 0 Å². The van der Waals surface area contributed by atoms with Gasteiger partial charge in [0.25, 0.3) is 0 Å². The minimum absolute atomic E-state index is 0.0922. The van der Waals surface area contributed by atoms with E-state index in [1.165, 1.54) is 0 Å². The average molecular weight is 225 g/mol. The molecule has 2 rings (SSSR count). The number of nitrogens with one attached hydrogen (secondary N) is 1. The van der Waals surface area contributed by atoms with Gasteiger partial charge in [0, 0.05) is 26.2 Å². The zero-order valence-corrected chi connectivity index (χ0v) is 9.74. The SMILES string of the molecule is CC(C(=O)N1CCCC1)N1CCCNC1=O. The smallest absolute Gasteiger partial charge is 0.318 e. The Hall–Kier alpha value is -1.26. The predicted octanol–water partition coefficient (Wildman–Crippen LogP) is 0.413. The summed E-state index contributed by atoms with van der Waals surface area (Å²) in [5, 5.41) is 2.77. The number of hydrogen-bond acceptors (Lipinski definition) is 2. The minimum Gasteiger partial charge on any atom is -0.341 e. The maximum Gasteiger partial charge on any atom is 0.318 e. The Bertz CT molecular complexity index is 287. The van der Waals surface area contributed by atoms with Gasteiger partial charge in [-0.25, -0.2) is 4.79 Å². The summed E-state index contributed by atoms with van der Waals surface area (Å²) in [6, 6.07) is -0.426. The highest BCUT2D eigenvalue weighted by Crippen LogP contribution is 2.13. The zero-order chi connectivity index (χ0) is 11.5. The first-order valence-corrected chi connectivity index (χ1v) is 6.03. The van der Waals surface area contributed by atoms with E-state index in [0.717, 1.165) is 38.9 Å². The van der Waals surface area contributed by atoms with Crippen molar-refractivity contribution in [2.24, 2.45) is 0 Å². The predicted molar refractivity (Wildman–Crippen MR) is 60.0 cm³/mol. The highest BCUT2D eigenvalue weighted by atomic mass is 16.2. The van der Waals surface area contributed by atoms with E-state index in [-0.39, 0.29) is 18.0 Å². The molecule has 0 aromatic rings. The van der Waals surface area contributed by atoms with Gasteiger partial charge in [-0.1, -0.05) is 0 Å². The number of likely N-dealkylation sites (tertiary alicyclic amines) is 1. The van der Waals surface area contributed by atoms with Gasteiger partial charge in [-0.05, 0) is 26.2 Å². The molecule has 2 heterocycles. The van der Waals surface area contributed by atoms with Crippen molar-refractivity contribution in [1.29, 1.82) is 0 Å². The summed E-state index contributed by atoms with van der Waals surface area (Å²) in [6.45, 7) is 4.93. The van der Waals surface area contributed by atoms with Crippen LogP contribution in [-0.2, 0) is 4.79 Å². The van der Waals surface area contributed by atoms with Gasteiger partial charge in [0.15, 0.2) is 0 Å². The molecule has 2 aliphatic rings. The molecular weight excluding hydrogens is 206 g/mol. The molecule has 2 fully saturated rings. The van der Waals surface area contributed by atoms with Crippen LogP contribution in [0.5, 0.6) is 0 Å². The summed E-state index contributed by atoms with van der Waals surface area (Å²) in [5.74, 6) is 0.0922. The van der Waals surface area contributed by atoms with Crippen molar-refractivity contribution in [3.8, 4) is 0 Å². The molecule has 2 saturated heterocycles. The summed E-state index contributed by atoms with van der Waals surface area (Å²) in [5.41, 5.74) is 0. The molecule has 0 bridgehead atoms. The topological polar surface area (TPSA) is 52.7 Å². The molecule has 1 atom stereocenters. The quantitative estimate of drug-likeness (QED) is 0.740. The fraction of sp³-hybridized carbons (Fsp3) is 0.818. The summed E-state index contributed by atoms with van der Waals surface area (Å²) in [6.07, 6.45) is 3.10. The van der Waals surface area contributed by atoms with Crippen molar-refractivity contribution in [3.63, 3.8) is 0 Å². The fourth-order valence-corrected chi connectivity index (χ4v) is 2.35. The highest BCUT2D eigenvalue weighted by Gasteiger charge is 2.31. The minimum atomic E-state index is -0.321. The Morgan fingerprint density at radius 3 is 2.56 bits per heavy atom. The third-order valence-electron chi connectivity index (χ3n) is 3.36. The molecule has 2 aliphatic heterocycles. The van der Waals surface area contributed by atoms with Crippen molar-refractivity contribution in [2.75, 3.05) is 26.2 Å². The van der Waals surface area contributed by atoms with Crippen LogP contribution in [0.2, 0.25) is 0 Å². The van der Waals surface area contributed by atoms with Gasteiger partial charge in [0.05, 0.1) is 0 Å². The van der Waals surface area contributed by atoms with E-state index in [1.807, 2.05) is 11.8 Å². The standard InChI is InChI=1S/C11H19N3O2/c1-9(10(15)13-6-2-3-7-13)14-8-4-5-12-11(14)16/h9H,2-8H2,1H3,(H,12,16). The lowest BCUT2D eigenvalue weighted by molar-refractivity contribution is -0.134. The van der Waals surface area contributed by atoms with Crippen LogP contribution in [0.15, 0.2) is 0 Å². The molecule has 16 heavy (non-hydrogen) atoms. The van der Waals surface area contributed by atoms with Gasteiger partial charge in [0.2, 0.25) is 5.91 Å². The first-order chi connectivity index (χ1) is 7.70. The van der Waals surface area contributed by atoms with E-state index in [2.05, 4.69) is 5.32 Å². The molecule has 1 N–H and O–H groups in total. The van der Waals surface area contributed by atoms with Crippen LogP contribution in [0.4, 0.5) is 4.79 Å². The Morgan fingerprint density at radius 1 is 1.25 bits per heavy atom. The van der Waals surface area contributed by atoms with Gasteiger partial charge in [0.1, 0.15) is 6.04 Å². The molecule has 5 heteroatoms. The Balaban J connectivity index is 1.96. The van der Waals surface area contributed by atoms with Crippen LogP contribution in [0.3, 0.4) is 0 Å². The molecule has 0 aromatic heterocycles. The Morgan fingerprint density at radius 2 is 1.94 bits per heavy atom. The summed E-state index contributed by atoms with van der Waals surface area (Å²) in [7, 11) is 0. The van der Waals surface area contributed by atoms with E-state index >= 15 is 0 Å². The van der Waals surface area contributed by atoms with Crippen LogP contribution in [0.25, 0.3) is 0 Å². The van der Waals surface area contributed by atoms with Crippen molar-refractivity contribution in [3.05, 3.63) is 0 Å². The molecular formula is C11H19N3O2. The molecule has 0 aliphatic carbocycles. The number of amides is 3. The molecule has 5 nitrogen and oxygen atoms in total. The van der Waals surface area contributed by atoms with E-state index in [4.69, 9.17) is 0 Å². The molecule has 90 valence electrons. The summed E-state index contributed by atoms with van der Waals surface area (Å²) >= 11 is 0. The first kappa shape index (κ1) is 11.2. The number of urea groups is 1. The normalized spacial score (nSPS) is 23.2. The molecule has 3 amide bonds. The van der Waals surface area contributed by atoms with Crippen LogP contribution in [-0.4, -0.2) is 54.0 Å². The Kier molecular flexibility index (Phi) is 3.31. The van der Waals surface area contributed by atoms with E-state index in [1.54, 1.807) is 4.90 Å². The van der Waals surface area contributed by atoms with Gasteiger partial charge < -0.3 is 15.1 Å². The van der Waals surface area contributed by atoms with E-state index in [9.17, 15) is 9.59 Å². The van der Waals surface area contributed by atoms with Crippen LogP contribution in [0, 0.1) is 0 Å². The molecule has 0 spiro atoms. The Labute approximate surface area is 95.8 Å². The van der Waals surface area contributed by atoms with Gasteiger partial charge in [-0.3, -0.25) is 4.79 Å². The second-order valence-electron chi connectivity index (χ2n) is 4.49. The van der Waals surface area contributed by atoms with Crippen molar-refractivity contribution < 1.29 is 9.59 Å². The van der Waals surface area contributed by atoms with Crippen molar-refractivity contribution >= 4 is 11.9 Å². The van der Waals surface area contributed by atoms with Crippen LogP contribution < -0.4 is 5.32 Å². The van der Waals surface area contributed by atoms with Crippen LogP contribution in [0.1, 0.15) is 26.2 Å². The van der Waals surface area contributed by atoms with Gasteiger partial charge in [-0.2, -0.15) is 0 Å². The maximum absolute atomic E-state index is 12.1. The largest absolute Gasteiger partial charge is 0.341 e. The molecule has 1 unspecified atom stereocenters. The second-order valence-corrected chi connectivity index (χ2v) is 4.49. The average Bonchev–Trinajstić information content (AvgIpc) is 2.81. The number of rotatable bonds is 2. The lowest BCUT2D eigenvalue weighted by Crippen LogP contribution is -2.55. The molecule has 0 saturated carbocycles. The number of carbonyl (C=O) groups is 2. The number of nitrogens with zero attached hydrogens (tertiary/aromatic N) is 2. The monoisotopic (exact) mass is 225 g/mol. The first-order valence-electron chi connectivity index (χ1n) is 6.03. The second kappa shape index (κ2) is 4.72. The van der Waals surface area contributed by atoms with Crippen molar-refractivity contribution in [2.45, 2.75) is 32.2 Å². The van der Waals surface area contributed by atoms with Gasteiger partial charge in [-0.15, -0.1) is 0 Å². The number of carbonyl (C=O) groups excluding carboxylic acids is 2.